The lowest BCUT2D eigenvalue weighted by Crippen LogP contribution is -2.47. The Bertz CT molecular complexity index is 528. The number of nitrogens with two attached hydrogens (primary N) is 1. The van der Waals surface area contributed by atoms with Crippen LogP contribution >= 0.6 is 0 Å². The van der Waals surface area contributed by atoms with Gasteiger partial charge in [0, 0.05) is 11.6 Å². The van der Waals surface area contributed by atoms with Crippen molar-refractivity contribution < 1.29 is 4.79 Å². The van der Waals surface area contributed by atoms with Gasteiger partial charge in [0.25, 0.3) is 0 Å². The van der Waals surface area contributed by atoms with Crippen molar-refractivity contribution in [1.29, 1.82) is 0 Å². The average Bonchev–Trinajstić information content (AvgIpc) is 3.13. The Kier molecular flexibility index (Phi) is 3.13. The number of amides is 1. The van der Waals surface area contributed by atoms with Crippen LogP contribution in [0.25, 0.3) is 0 Å². The highest BCUT2D eigenvalue weighted by molar-refractivity contribution is 5.87. The summed E-state index contributed by atoms with van der Waals surface area (Å²) in [5.41, 5.74) is 7.85. The van der Waals surface area contributed by atoms with Crippen molar-refractivity contribution in [3.63, 3.8) is 0 Å². The molecule has 1 aromatic carbocycles. The van der Waals surface area contributed by atoms with Crippen LogP contribution in [0.1, 0.15) is 57.1 Å². The maximum Gasteiger partial charge on any atom is 0.230 e. The molecule has 0 aliphatic heterocycles. The van der Waals surface area contributed by atoms with Crippen LogP contribution in [0, 0.1) is 0 Å². The Morgan fingerprint density at radius 3 is 2.60 bits per heavy atom. The van der Waals surface area contributed by atoms with Gasteiger partial charge < -0.3 is 11.1 Å². The molecular formula is C17H24N2O. The van der Waals surface area contributed by atoms with Gasteiger partial charge in [-0.2, -0.15) is 0 Å². The zero-order valence-corrected chi connectivity index (χ0v) is 12.4. The molecule has 2 aliphatic carbocycles. The number of hydrogen-bond acceptors (Lipinski definition) is 2. The molecule has 0 radical (unpaired) electrons. The Balaban J connectivity index is 1.80. The van der Waals surface area contributed by atoms with Crippen molar-refractivity contribution >= 4 is 5.91 Å². The number of nitrogens with one attached hydrogen (secondary N) is 1. The number of rotatable bonds is 4. The van der Waals surface area contributed by atoms with Gasteiger partial charge in [0.1, 0.15) is 0 Å². The fourth-order valence-electron chi connectivity index (χ4n) is 2.69. The molecular weight excluding hydrogens is 248 g/mol. The van der Waals surface area contributed by atoms with Crippen molar-refractivity contribution in [1.82, 2.24) is 5.32 Å². The first-order valence-corrected chi connectivity index (χ1v) is 7.63. The van der Waals surface area contributed by atoms with Crippen molar-refractivity contribution in [2.45, 2.75) is 62.9 Å². The summed E-state index contributed by atoms with van der Waals surface area (Å²) >= 11 is 0. The van der Waals surface area contributed by atoms with E-state index in [-0.39, 0.29) is 11.4 Å². The maximum atomic E-state index is 12.5. The summed E-state index contributed by atoms with van der Waals surface area (Å²) in [7, 11) is 0. The Hall–Kier alpha value is -1.35. The first-order chi connectivity index (χ1) is 9.42. The Labute approximate surface area is 120 Å². The van der Waals surface area contributed by atoms with E-state index in [2.05, 4.69) is 17.4 Å². The number of carbonyl (C=O) groups excluding carboxylic acids is 1. The van der Waals surface area contributed by atoms with E-state index in [1.165, 1.54) is 12.0 Å². The van der Waals surface area contributed by atoms with Gasteiger partial charge in [-0.1, -0.05) is 24.3 Å². The van der Waals surface area contributed by atoms with Gasteiger partial charge in [-0.25, -0.2) is 0 Å². The average molecular weight is 272 g/mol. The minimum Gasteiger partial charge on any atom is -0.353 e. The van der Waals surface area contributed by atoms with Gasteiger partial charge in [0.15, 0.2) is 0 Å². The molecule has 0 unspecified atom stereocenters. The zero-order chi connectivity index (χ0) is 14.4. The third-order valence-corrected chi connectivity index (χ3v) is 4.96. The first kappa shape index (κ1) is 13.6. The molecule has 3 heteroatoms. The van der Waals surface area contributed by atoms with Crippen LogP contribution in [-0.4, -0.2) is 11.9 Å². The number of benzene rings is 1. The van der Waals surface area contributed by atoms with Crippen LogP contribution in [0.5, 0.6) is 0 Å². The molecule has 1 amide bonds. The summed E-state index contributed by atoms with van der Waals surface area (Å²) in [6.45, 7) is 3.99. The lowest BCUT2D eigenvalue weighted by molar-refractivity contribution is -0.126. The van der Waals surface area contributed by atoms with Gasteiger partial charge in [-0.3, -0.25) is 4.79 Å². The van der Waals surface area contributed by atoms with E-state index in [1.807, 2.05) is 26.0 Å². The summed E-state index contributed by atoms with van der Waals surface area (Å²) in [5, 5.41) is 3.16. The van der Waals surface area contributed by atoms with Crippen molar-refractivity contribution in [3.05, 3.63) is 35.4 Å². The van der Waals surface area contributed by atoms with Crippen LogP contribution in [0.15, 0.2) is 24.3 Å². The third-order valence-electron chi connectivity index (χ3n) is 4.96. The Morgan fingerprint density at radius 2 is 2.05 bits per heavy atom. The molecule has 2 saturated carbocycles. The summed E-state index contributed by atoms with van der Waals surface area (Å²) in [4.78, 5) is 12.5. The second-order valence-corrected chi connectivity index (χ2v) is 6.96. The standard InChI is InChI=1S/C17H24N2O/c1-16(2,15(20)19-14-7-4-8-14)12-5-3-6-13(11-12)17(18)9-10-17/h3,5-6,11,14H,4,7-10,18H2,1-2H3,(H,19,20). The van der Waals surface area contributed by atoms with E-state index in [0.717, 1.165) is 31.2 Å². The molecule has 3 rings (SSSR count). The summed E-state index contributed by atoms with van der Waals surface area (Å²) in [6.07, 6.45) is 5.56. The molecule has 0 atom stereocenters. The maximum absolute atomic E-state index is 12.5. The van der Waals surface area contributed by atoms with Crippen LogP contribution in [0.2, 0.25) is 0 Å². The van der Waals surface area contributed by atoms with Crippen LogP contribution in [-0.2, 0) is 15.7 Å². The largest absolute Gasteiger partial charge is 0.353 e. The van der Waals surface area contributed by atoms with E-state index in [4.69, 9.17) is 5.73 Å². The molecule has 0 saturated heterocycles. The molecule has 0 spiro atoms. The van der Waals surface area contributed by atoms with Gasteiger partial charge >= 0.3 is 0 Å². The predicted octanol–water partition coefficient (Wildman–Crippen LogP) is 2.58. The molecule has 108 valence electrons. The van der Waals surface area contributed by atoms with E-state index < -0.39 is 5.41 Å². The van der Waals surface area contributed by atoms with Gasteiger partial charge in [0.2, 0.25) is 5.91 Å². The molecule has 3 nitrogen and oxygen atoms in total. The fraction of sp³-hybridized carbons (Fsp3) is 0.588. The first-order valence-electron chi connectivity index (χ1n) is 7.63. The number of hydrogen-bond donors (Lipinski definition) is 2. The summed E-state index contributed by atoms with van der Waals surface area (Å²) in [5.74, 6) is 0.126. The second kappa shape index (κ2) is 4.59. The van der Waals surface area contributed by atoms with Gasteiger partial charge in [0.05, 0.1) is 5.41 Å². The molecule has 2 aliphatic rings. The highest BCUT2D eigenvalue weighted by Crippen LogP contribution is 2.43. The van der Waals surface area contributed by atoms with Gasteiger partial charge in [-0.05, 0) is 57.1 Å². The molecule has 0 aromatic heterocycles. The van der Waals surface area contributed by atoms with Crippen LogP contribution in [0.4, 0.5) is 0 Å². The van der Waals surface area contributed by atoms with Crippen molar-refractivity contribution in [2.75, 3.05) is 0 Å². The van der Waals surface area contributed by atoms with Crippen molar-refractivity contribution in [2.24, 2.45) is 5.73 Å². The summed E-state index contributed by atoms with van der Waals surface area (Å²) < 4.78 is 0. The number of carbonyl (C=O) groups is 1. The van der Waals surface area contributed by atoms with Crippen LogP contribution < -0.4 is 11.1 Å². The van der Waals surface area contributed by atoms with E-state index in [1.54, 1.807) is 0 Å². The molecule has 0 heterocycles. The fourth-order valence-corrected chi connectivity index (χ4v) is 2.69. The summed E-state index contributed by atoms with van der Waals surface area (Å²) in [6, 6.07) is 8.64. The van der Waals surface area contributed by atoms with Gasteiger partial charge in [-0.15, -0.1) is 0 Å². The monoisotopic (exact) mass is 272 g/mol. The Morgan fingerprint density at radius 1 is 1.35 bits per heavy atom. The molecule has 1 aromatic rings. The predicted molar refractivity (Wildman–Crippen MR) is 80.3 cm³/mol. The molecule has 0 bridgehead atoms. The zero-order valence-electron chi connectivity index (χ0n) is 12.4. The lowest BCUT2D eigenvalue weighted by atomic mass is 9.81. The minimum absolute atomic E-state index is 0.126. The molecule has 2 fully saturated rings. The highest BCUT2D eigenvalue weighted by atomic mass is 16.2. The van der Waals surface area contributed by atoms with E-state index >= 15 is 0 Å². The quantitative estimate of drug-likeness (QED) is 0.885. The highest BCUT2D eigenvalue weighted by Gasteiger charge is 2.41. The molecule has 3 N–H and O–H groups in total. The normalized spacial score (nSPS) is 21.1. The third kappa shape index (κ3) is 2.35. The minimum atomic E-state index is -0.503. The topological polar surface area (TPSA) is 55.1 Å². The van der Waals surface area contributed by atoms with Crippen LogP contribution in [0.3, 0.4) is 0 Å². The lowest BCUT2D eigenvalue weighted by Gasteiger charge is -2.32. The smallest absolute Gasteiger partial charge is 0.230 e. The van der Waals surface area contributed by atoms with Crippen molar-refractivity contribution in [3.8, 4) is 0 Å². The second-order valence-electron chi connectivity index (χ2n) is 6.96. The molecule has 20 heavy (non-hydrogen) atoms. The van der Waals surface area contributed by atoms with E-state index in [0.29, 0.717) is 6.04 Å². The van der Waals surface area contributed by atoms with E-state index in [9.17, 15) is 4.79 Å². The SMILES string of the molecule is CC(C)(C(=O)NC1CCC1)c1cccc(C2(N)CC2)c1.